The third-order valence-corrected chi connectivity index (χ3v) is 5.98. The first kappa shape index (κ1) is 14.8. The van der Waals surface area contributed by atoms with Crippen molar-refractivity contribution in [2.24, 2.45) is 0 Å². The summed E-state index contributed by atoms with van der Waals surface area (Å²) in [7, 11) is -3.43. The van der Waals surface area contributed by atoms with Crippen molar-refractivity contribution in [3.05, 3.63) is 29.3 Å². The van der Waals surface area contributed by atoms with Crippen molar-refractivity contribution in [3.8, 4) is 0 Å². The fraction of sp³-hybridized carbons (Fsp3) is 0.571. The molecule has 0 amide bonds. The molecule has 0 aromatic heterocycles. The number of sulfonamides is 1. The minimum Gasteiger partial charge on any atom is -0.207 e. The van der Waals surface area contributed by atoms with Gasteiger partial charge >= 0.3 is 0 Å². The average Bonchev–Trinajstić information content (AvgIpc) is 2.82. The van der Waals surface area contributed by atoms with Crippen LogP contribution in [0.25, 0.3) is 0 Å². The van der Waals surface area contributed by atoms with Gasteiger partial charge in [-0.05, 0) is 51.0 Å². The van der Waals surface area contributed by atoms with Gasteiger partial charge < -0.3 is 0 Å². The molecular weight excluding hydrogens is 282 g/mol. The van der Waals surface area contributed by atoms with Gasteiger partial charge in [-0.2, -0.15) is 4.31 Å². The molecule has 0 atom stereocenters. The van der Waals surface area contributed by atoms with E-state index in [4.69, 9.17) is 11.6 Å². The number of halogens is 1. The highest BCUT2D eigenvalue weighted by atomic mass is 35.5. The second kappa shape index (κ2) is 5.81. The first-order valence-corrected chi connectivity index (χ1v) is 8.54. The predicted octanol–water partition coefficient (Wildman–Crippen LogP) is 3.68. The molecule has 1 aromatic rings. The van der Waals surface area contributed by atoms with Crippen LogP contribution in [-0.2, 0) is 10.0 Å². The largest absolute Gasteiger partial charge is 0.243 e. The summed E-state index contributed by atoms with van der Waals surface area (Å²) in [4.78, 5) is 0.331. The monoisotopic (exact) mass is 301 g/mol. The van der Waals surface area contributed by atoms with Crippen molar-refractivity contribution in [2.75, 3.05) is 0 Å². The summed E-state index contributed by atoms with van der Waals surface area (Å²) in [6, 6.07) is 6.54. The fourth-order valence-corrected chi connectivity index (χ4v) is 4.79. The number of benzene rings is 1. The first-order chi connectivity index (χ1) is 8.93. The SMILES string of the molecule is CC(C)N(C1CCCC1)S(=O)(=O)c1ccc(Cl)cc1. The Morgan fingerprint density at radius 2 is 1.68 bits per heavy atom. The molecule has 1 aliphatic carbocycles. The van der Waals surface area contributed by atoms with Crippen LogP contribution >= 0.6 is 11.6 Å². The minimum atomic E-state index is -3.43. The third-order valence-electron chi connectivity index (χ3n) is 3.58. The van der Waals surface area contributed by atoms with Gasteiger partial charge in [-0.3, -0.25) is 0 Å². The Bertz CT molecular complexity index is 519. The molecule has 0 bridgehead atoms. The van der Waals surface area contributed by atoms with E-state index in [0.717, 1.165) is 25.7 Å². The van der Waals surface area contributed by atoms with Gasteiger partial charge in [-0.15, -0.1) is 0 Å². The molecule has 1 saturated carbocycles. The molecule has 0 saturated heterocycles. The molecule has 0 N–H and O–H groups in total. The molecular formula is C14H20ClNO2S. The van der Waals surface area contributed by atoms with Crippen LogP contribution in [0.2, 0.25) is 5.02 Å². The molecule has 1 aliphatic rings. The van der Waals surface area contributed by atoms with E-state index in [0.29, 0.717) is 9.92 Å². The molecule has 3 nitrogen and oxygen atoms in total. The Morgan fingerprint density at radius 1 is 1.16 bits per heavy atom. The van der Waals surface area contributed by atoms with Crippen LogP contribution in [0.15, 0.2) is 29.2 Å². The summed E-state index contributed by atoms with van der Waals surface area (Å²) in [5, 5.41) is 0.552. The highest BCUT2D eigenvalue weighted by Crippen LogP contribution is 2.30. The minimum absolute atomic E-state index is 0.0243. The van der Waals surface area contributed by atoms with Gasteiger partial charge in [0.25, 0.3) is 0 Å². The molecule has 19 heavy (non-hydrogen) atoms. The average molecular weight is 302 g/mol. The lowest BCUT2D eigenvalue weighted by Crippen LogP contribution is -2.43. The van der Waals surface area contributed by atoms with E-state index in [1.165, 1.54) is 0 Å². The number of nitrogens with zero attached hydrogens (tertiary/aromatic N) is 1. The van der Waals surface area contributed by atoms with Crippen LogP contribution in [-0.4, -0.2) is 24.8 Å². The summed E-state index contributed by atoms with van der Waals surface area (Å²) in [6.45, 7) is 3.87. The van der Waals surface area contributed by atoms with Gasteiger partial charge in [-0.1, -0.05) is 24.4 Å². The molecule has 0 aliphatic heterocycles. The maximum atomic E-state index is 12.8. The Morgan fingerprint density at radius 3 is 2.16 bits per heavy atom. The highest BCUT2D eigenvalue weighted by molar-refractivity contribution is 7.89. The third kappa shape index (κ3) is 3.12. The summed E-state index contributed by atoms with van der Waals surface area (Å²) in [5.41, 5.74) is 0. The normalized spacial score (nSPS) is 17.5. The zero-order valence-electron chi connectivity index (χ0n) is 11.3. The molecule has 0 heterocycles. The van der Waals surface area contributed by atoms with E-state index >= 15 is 0 Å². The maximum absolute atomic E-state index is 12.8. The molecule has 1 fully saturated rings. The number of hydrogen-bond donors (Lipinski definition) is 0. The second-order valence-electron chi connectivity index (χ2n) is 5.32. The zero-order valence-corrected chi connectivity index (χ0v) is 12.9. The van der Waals surface area contributed by atoms with Crippen molar-refractivity contribution in [1.29, 1.82) is 0 Å². The molecule has 2 rings (SSSR count). The van der Waals surface area contributed by atoms with Gasteiger partial charge in [0.2, 0.25) is 10.0 Å². The van der Waals surface area contributed by atoms with Gasteiger partial charge in [0.15, 0.2) is 0 Å². The molecule has 5 heteroatoms. The fourth-order valence-electron chi connectivity index (χ4n) is 2.78. The van der Waals surface area contributed by atoms with Crippen LogP contribution in [0.3, 0.4) is 0 Å². The van der Waals surface area contributed by atoms with E-state index in [-0.39, 0.29) is 12.1 Å². The summed E-state index contributed by atoms with van der Waals surface area (Å²) >= 11 is 5.82. The van der Waals surface area contributed by atoms with Crippen LogP contribution in [0, 0.1) is 0 Å². The van der Waals surface area contributed by atoms with Gasteiger partial charge in [0, 0.05) is 17.1 Å². The van der Waals surface area contributed by atoms with Gasteiger partial charge in [-0.25, -0.2) is 8.42 Å². The lowest BCUT2D eigenvalue weighted by molar-refractivity contribution is 0.275. The van der Waals surface area contributed by atoms with E-state index in [1.54, 1.807) is 28.6 Å². The van der Waals surface area contributed by atoms with E-state index in [9.17, 15) is 8.42 Å². The zero-order chi connectivity index (χ0) is 14.0. The Labute approximate surface area is 120 Å². The maximum Gasteiger partial charge on any atom is 0.243 e. The molecule has 106 valence electrons. The summed E-state index contributed by atoms with van der Waals surface area (Å²) in [6.07, 6.45) is 4.16. The van der Waals surface area contributed by atoms with Crippen molar-refractivity contribution < 1.29 is 8.42 Å². The highest BCUT2D eigenvalue weighted by Gasteiger charge is 2.34. The standard InChI is InChI=1S/C14H20ClNO2S/c1-11(2)16(13-5-3-4-6-13)19(17,18)14-9-7-12(15)8-10-14/h7-11,13H,3-6H2,1-2H3. The Balaban J connectivity index is 2.36. The summed E-state index contributed by atoms with van der Waals surface area (Å²) in [5.74, 6) is 0. The van der Waals surface area contributed by atoms with Crippen LogP contribution in [0.4, 0.5) is 0 Å². The van der Waals surface area contributed by atoms with Crippen molar-refractivity contribution in [3.63, 3.8) is 0 Å². The van der Waals surface area contributed by atoms with Crippen molar-refractivity contribution in [2.45, 2.75) is 56.5 Å². The quantitative estimate of drug-likeness (QED) is 0.850. The Hall–Kier alpha value is -0.580. The van der Waals surface area contributed by atoms with E-state index < -0.39 is 10.0 Å². The smallest absolute Gasteiger partial charge is 0.207 e. The number of rotatable bonds is 4. The van der Waals surface area contributed by atoms with E-state index in [2.05, 4.69) is 0 Å². The predicted molar refractivity (Wildman–Crippen MR) is 77.9 cm³/mol. The molecule has 0 radical (unpaired) electrons. The van der Waals surface area contributed by atoms with Gasteiger partial charge in [0.1, 0.15) is 0 Å². The molecule has 1 aromatic carbocycles. The van der Waals surface area contributed by atoms with Crippen LogP contribution < -0.4 is 0 Å². The second-order valence-corrected chi connectivity index (χ2v) is 7.60. The Kier molecular flexibility index (Phi) is 4.54. The van der Waals surface area contributed by atoms with Crippen molar-refractivity contribution in [1.82, 2.24) is 4.31 Å². The first-order valence-electron chi connectivity index (χ1n) is 6.72. The summed E-state index contributed by atoms with van der Waals surface area (Å²) < 4.78 is 27.2. The van der Waals surface area contributed by atoms with Crippen LogP contribution in [0.5, 0.6) is 0 Å². The lowest BCUT2D eigenvalue weighted by atomic mass is 10.2. The number of hydrogen-bond acceptors (Lipinski definition) is 2. The molecule has 0 unspecified atom stereocenters. The molecule has 0 spiro atoms. The van der Waals surface area contributed by atoms with Crippen molar-refractivity contribution >= 4 is 21.6 Å². The topological polar surface area (TPSA) is 37.4 Å². The lowest BCUT2D eigenvalue weighted by Gasteiger charge is -2.31. The van der Waals surface area contributed by atoms with E-state index in [1.807, 2.05) is 13.8 Å². The van der Waals surface area contributed by atoms with Crippen LogP contribution in [0.1, 0.15) is 39.5 Å². The van der Waals surface area contributed by atoms with Gasteiger partial charge in [0.05, 0.1) is 4.90 Å².